The first kappa shape index (κ1) is 17.7. The molecule has 0 fully saturated rings. The van der Waals surface area contributed by atoms with E-state index in [1.165, 1.54) is 12.3 Å². The quantitative estimate of drug-likeness (QED) is 0.889. The number of alkyl halides is 3. The van der Waals surface area contributed by atoms with E-state index in [9.17, 15) is 18.0 Å². The third kappa shape index (κ3) is 4.93. The lowest BCUT2D eigenvalue weighted by atomic mass is 10.2. The van der Waals surface area contributed by atoms with Crippen LogP contribution in [0, 0.1) is 0 Å². The largest absolute Gasteiger partial charge is 0.487 e. The van der Waals surface area contributed by atoms with Gasteiger partial charge in [-0.25, -0.2) is 9.97 Å². The molecule has 0 aromatic carbocycles. The Kier molecular flexibility index (Phi) is 4.76. The molecular formula is C14H16F3N5O2. The predicted octanol–water partition coefficient (Wildman–Crippen LogP) is 2.33. The molecule has 24 heavy (non-hydrogen) atoms. The maximum Gasteiger partial charge on any atom is 0.453 e. The zero-order chi connectivity index (χ0) is 18.0. The number of carbonyl (C=O) groups is 1. The third-order valence-corrected chi connectivity index (χ3v) is 2.59. The number of amides is 1. The Bertz CT molecular complexity index is 704. The highest BCUT2D eigenvalue weighted by Gasteiger charge is 2.36. The van der Waals surface area contributed by atoms with Crippen LogP contribution in [-0.2, 0) is 12.7 Å². The molecule has 2 N–H and O–H groups in total. The summed E-state index contributed by atoms with van der Waals surface area (Å²) in [5.41, 5.74) is -0.291. The normalized spacial score (nSPS) is 12.1. The Morgan fingerprint density at radius 1 is 1.29 bits per heavy atom. The van der Waals surface area contributed by atoms with Crippen LogP contribution in [0.3, 0.4) is 0 Å². The first-order valence-corrected chi connectivity index (χ1v) is 6.96. The lowest BCUT2D eigenvalue weighted by Crippen LogP contribution is -2.25. The second-order valence-corrected chi connectivity index (χ2v) is 5.88. The van der Waals surface area contributed by atoms with E-state index in [4.69, 9.17) is 4.74 Å². The summed E-state index contributed by atoms with van der Waals surface area (Å²) in [6.45, 7) is 5.39. The Morgan fingerprint density at radius 2 is 2.00 bits per heavy atom. The van der Waals surface area contributed by atoms with Crippen molar-refractivity contribution in [2.75, 3.05) is 0 Å². The standard InChI is InChI=1S/C14H16F3N5O2/c1-13(2,3)24-8-4-5-9(18-6-8)11(23)19-7-10-20-12(22-21-10)14(15,16)17/h4-6H,7H2,1-3H3,(H,19,23)(H,20,21,22). The van der Waals surface area contributed by atoms with Crippen molar-refractivity contribution in [2.24, 2.45) is 0 Å². The van der Waals surface area contributed by atoms with Gasteiger partial charge in [0.2, 0.25) is 0 Å². The number of aromatic amines is 1. The average molecular weight is 343 g/mol. The third-order valence-electron chi connectivity index (χ3n) is 2.59. The highest BCUT2D eigenvalue weighted by atomic mass is 19.4. The van der Waals surface area contributed by atoms with Crippen LogP contribution >= 0.6 is 0 Å². The highest BCUT2D eigenvalue weighted by molar-refractivity contribution is 5.92. The minimum Gasteiger partial charge on any atom is -0.487 e. The van der Waals surface area contributed by atoms with Crippen LogP contribution in [0.5, 0.6) is 5.75 Å². The summed E-state index contributed by atoms with van der Waals surface area (Å²) in [5, 5.41) is 7.56. The van der Waals surface area contributed by atoms with Gasteiger partial charge in [0.25, 0.3) is 11.7 Å². The number of H-pyrrole nitrogens is 1. The topological polar surface area (TPSA) is 92.8 Å². The van der Waals surface area contributed by atoms with Gasteiger partial charge in [-0.2, -0.15) is 13.2 Å². The molecule has 0 bridgehead atoms. The van der Waals surface area contributed by atoms with Crippen molar-refractivity contribution in [3.8, 4) is 5.75 Å². The van der Waals surface area contributed by atoms with Gasteiger partial charge in [-0.15, -0.1) is 5.10 Å². The average Bonchev–Trinajstić information content (AvgIpc) is 2.93. The van der Waals surface area contributed by atoms with E-state index < -0.39 is 23.5 Å². The molecule has 0 saturated heterocycles. The lowest BCUT2D eigenvalue weighted by Gasteiger charge is -2.20. The van der Waals surface area contributed by atoms with Gasteiger partial charge >= 0.3 is 6.18 Å². The number of hydrogen-bond acceptors (Lipinski definition) is 5. The fourth-order valence-corrected chi connectivity index (χ4v) is 1.68. The molecule has 7 nitrogen and oxygen atoms in total. The number of halogens is 3. The molecule has 0 saturated carbocycles. The Morgan fingerprint density at radius 3 is 2.50 bits per heavy atom. The molecule has 10 heteroatoms. The van der Waals surface area contributed by atoms with Crippen molar-refractivity contribution >= 4 is 5.91 Å². The van der Waals surface area contributed by atoms with Crippen molar-refractivity contribution < 1.29 is 22.7 Å². The van der Waals surface area contributed by atoms with Gasteiger partial charge in [-0.05, 0) is 32.9 Å². The van der Waals surface area contributed by atoms with Crippen LogP contribution in [0.2, 0.25) is 0 Å². The molecule has 2 heterocycles. The van der Waals surface area contributed by atoms with E-state index >= 15 is 0 Å². The van der Waals surface area contributed by atoms with Gasteiger partial charge in [-0.1, -0.05) is 0 Å². The summed E-state index contributed by atoms with van der Waals surface area (Å²) in [7, 11) is 0. The lowest BCUT2D eigenvalue weighted by molar-refractivity contribution is -0.144. The van der Waals surface area contributed by atoms with E-state index in [0.717, 1.165) is 0 Å². The smallest absolute Gasteiger partial charge is 0.453 e. The second-order valence-electron chi connectivity index (χ2n) is 5.88. The minimum atomic E-state index is -4.64. The molecule has 130 valence electrons. The van der Waals surface area contributed by atoms with Crippen LogP contribution in [0.15, 0.2) is 18.3 Å². The van der Waals surface area contributed by atoms with Crippen molar-refractivity contribution in [2.45, 2.75) is 39.1 Å². The molecule has 0 aliphatic heterocycles. The molecule has 0 radical (unpaired) electrons. The van der Waals surface area contributed by atoms with Gasteiger partial charge in [0, 0.05) is 0 Å². The first-order chi connectivity index (χ1) is 11.0. The number of hydrogen-bond donors (Lipinski definition) is 2. The number of pyridine rings is 1. The van der Waals surface area contributed by atoms with Crippen LogP contribution < -0.4 is 10.1 Å². The molecule has 2 aromatic rings. The summed E-state index contributed by atoms with van der Waals surface area (Å²) < 4.78 is 42.7. The molecule has 2 rings (SSSR count). The van der Waals surface area contributed by atoms with Crippen LogP contribution in [0.25, 0.3) is 0 Å². The number of aromatic nitrogens is 4. The molecule has 0 aliphatic rings. The van der Waals surface area contributed by atoms with E-state index in [1.807, 2.05) is 20.8 Å². The number of ether oxygens (including phenoxy) is 1. The molecule has 0 spiro atoms. The van der Waals surface area contributed by atoms with Gasteiger partial charge < -0.3 is 10.1 Å². The second kappa shape index (κ2) is 6.46. The number of nitrogens with one attached hydrogen (secondary N) is 2. The summed E-state index contributed by atoms with van der Waals surface area (Å²) in [6.07, 6.45) is -3.24. The van der Waals surface area contributed by atoms with Gasteiger partial charge in [-0.3, -0.25) is 9.89 Å². The zero-order valence-electron chi connectivity index (χ0n) is 13.2. The van der Waals surface area contributed by atoms with Crippen molar-refractivity contribution in [1.82, 2.24) is 25.5 Å². The molecule has 0 unspecified atom stereocenters. The molecular weight excluding hydrogens is 327 g/mol. The zero-order valence-corrected chi connectivity index (χ0v) is 13.2. The number of nitrogens with zero attached hydrogens (tertiary/aromatic N) is 3. The molecule has 0 atom stereocenters. The van der Waals surface area contributed by atoms with Crippen molar-refractivity contribution in [1.29, 1.82) is 0 Å². The SMILES string of the molecule is CC(C)(C)Oc1ccc(C(=O)NCc2nc(C(F)(F)F)n[nH]2)nc1. The summed E-state index contributed by atoms with van der Waals surface area (Å²) in [4.78, 5) is 19.1. The number of carbonyl (C=O) groups excluding carboxylic acids is 1. The summed E-state index contributed by atoms with van der Waals surface area (Å²) in [6, 6.07) is 3.04. The fraction of sp³-hybridized carbons (Fsp3) is 0.429. The van der Waals surface area contributed by atoms with Crippen LogP contribution in [0.1, 0.15) is 42.9 Å². The first-order valence-electron chi connectivity index (χ1n) is 6.96. The maximum atomic E-state index is 12.4. The Hall–Kier alpha value is -2.65. The Balaban J connectivity index is 1.94. The van der Waals surface area contributed by atoms with Gasteiger partial charge in [0.05, 0.1) is 12.7 Å². The fourth-order valence-electron chi connectivity index (χ4n) is 1.68. The molecule has 2 aromatic heterocycles. The van der Waals surface area contributed by atoms with Gasteiger partial charge in [0.1, 0.15) is 22.9 Å². The molecule has 0 aliphatic carbocycles. The van der Waals surface area contributed by atoms with Crippen LogP contribution in [-0.4, -0.2) is 31.7 Å². The van der Waals surface area contributed by atoms with Gasteiger partial charge in [0.15, 0.2) is 0 Å². The van der Waals surface area contributed by atoms with Crippen molar-refractivity contribution in [3.63, 3.8) is 0 Å². The summed E-state index contributed by atoms with van der Waals surface area (Å²) >= 11 is 0. The van der Waals surface area contributed by atoms with E-state index in [0.29, 0.717) is 5.75 Å². The molecule has 1 amide bonds. The maximum absolute atomic E-state index is 12.4. The minimum absolute atomic E-state index is 0.104. The van der Waals surface area contributed by atoms with E-state index in [-0.39, 0.29) is 18.1 Å². The van der Waals surface area contributed by atoms with Crippen LogP contribution in [0.4, 0.5) is 13.2 Å². The predicted molar refractivity (Wildman–Crippen MR) is 77.2 cm³/mol. The van der Waals surface area contributed by atoms with E-state index in [2.05, 4.69) is 25.5 Å². The summed E-state index contributed by atoms with van der Waals surface area (Å²) in [5.74, 6) is -1.44. The highest BCUT2D eigenvalue weighted by Crippen LogP contribution is 2.25. The number of rotatable bonds is 4. The Labute approximate surface area is 135 Å². The monoisotopic (exact) mass is 343 g/mol. The van der Waals surface area contributed by atoms with E-state index in [1.54, 1.807) is 6.07 Å². The van der Waals surface area contributed by atoms with Crippen molar-refractivity contribution in [3.05, 3.63) is 35.7 Å².